The number of Topliss-reactive ketones (excluding diaryl/α,β-unsaturated/α-hetero) is 1. The standard InChI is InChI=1S/C12H8ClNO/c13-12-8-5-6-10(15)11(8)7-3-1-2-4-9(7)14-12/h1-4H,5-6H2. The van der Waals surface area contributed by atoms with Crippen LogP contribution in [0.5, 0.6) is 0 Å². The van der Waals surface area contributed by atoms with Gasteiger partial charge in [-0.1, -0.05) is 29.8 Å². The maximum Gasteiger partial charge on any atom is 0.164 e. The Morgan fingerprint density at radius 3 is 2.87 bits per heavy atom. The van der Waals surface area contributed by atoms with Crippen molar-refractivity contribution in [1.82, 2.24) is 4.98 Å². The lowest BCUT2D eigenvalue weighted by molar-refractivity contribution is 0.0996. The van der Waals surface area contributed by atoms with Gasteiger partial charge in [0.2, 0.25) is 0 Å². The number of hydrogen-bond acceptors (Lipinski definition) is 2. The van der Waals surface area contributed by atoms with Crippen molar-refractivity contribution in [2.24, 2.45) is 0 Å². The molecule has 3 rings (SSSR count). The summed E-state index contributed by atoms with van der Waals surface area (Å²) in [4.78, 5) is 16.0. The van der Waals surface area contributed by atoms with Crippen molar-refractivity contribution in [3.63, 3.8) is 0 Å². The molecule has 1 heterocycles. The fourth-order valence-electron chi connectivity index (χ4n) is 2.13. The fraction of sp³-hybridized carbons (Fsp3) is 0.167. The van der Waals surface area contributed by atoms with Crippen LogP contribution in [0, 0.1) is 0 Å². The zero-order valence-electron chi connectivity index (χ0n) is 7.96. The number of nitrogens with zero attached hydrogens (tertiary/aromatic N) is 1. The normalized spacial score (nSPS) is 14.6. The van der Waals surface area contributed by atoms with E-state index in [1.807, 2.05) is 24.3 Å². The highest BCUT2D eigenvalue weighted by atomic mass is 35.5. The Morgan fingerprint density at radius 1 is 1.20 bits per heavy atom. The van der Waals surface area contributed by atoms with Crippen molar-refractivity contribution in [3.8, 4) is 0 Å². The molecule has 0 spiro atoms. The quantitative estimate of drug-likeness (QED) is 0.635. The molecule has 0 saturated heterocycles. The summed E-state index contributed by atoms with van der Waals surface area (Å²) in [6, 6.07) is 7.63. The SMILES string of the molecule is O=C1CCc2c(Cl)nc3ccccc3c21. The Kier molecular flexibility index (Phi) is 1.80. The zero-order chi connectivity index (χ0) is 10.4. The molecule has 0 radical (unpaired) electrons. The number of benzene rings is 1. The molecule has 1 aliphatic carbocycles. The number of para-hydroxylation sites is 1. The van der Waals surface area contributed by atoms with E-state index in [0.29, 0.717) is 11.6 Å². The van der Waals surface area contributed by atoms with Crippen LogP contribution in [0.3, 0.4) is 0 Å². The van der Waals surface area contributed by atoms with Gasteiger partial charge in [0.15, 0.2) is 5.78 Å². The van der Waals surface area contributed by atoms with Gasteiger partial charge in [-0.25, -0.2) is 4.98 Å². The van der Waals surface area contributed by atoms with Crippen LogP contribution in [-0.4, -0.2) is 10.8 Å². The molecule has 0 unspecified atom stereocenters. The molecule has 74 valence electrons. The van der Waals surface area contributed by atoms with Crippen molar-refractivity contribution in [2.75, 3.05) is 0 Å². The molecule has 1 aliphatic rings. The number of carbonyl (C=O) groups is 1. The van der Waals surface area contributed by atoms with E-state index < -0.39 is 0 Å². The van der Waals surface area contributed by atoms with Gasteiger partial charge >= 0.3 is 0 Å². The van der Waals surface area contributed by atoms with Gasteiger partial charge in [0.25, 0.3) is 0 Å². The fourth-order valence-corrected chi connectivity index (χ4v) is 2.41. The lowest BCUT2D eigenvalue weighted by Crippen LogP contribution is -1.95. The molecule has 0 amide bonds. The van der Waals surface area contributed by atoms with Gasteiger partial charge in [0.05, 0.1) is 5.52 Å². The van der Waals surface area contributed by atoms with E-state index in [0.717, 1.165) is 28.5 Å². The molecule has 0 saturated carbocycles. The van der Waals surface area contributed by atoms with Crippen LogP contribution in [0.15, 0.2) is 24.3 Å². The lowest BCUT2D eigenvalue weighted by atomic mass is 10.1. The van der Waals surface area contributed by atoms with Crippen LogP contribution < -0.4 is 0 Å². The summed E-state index contributed by atoms with van der Waals surface area (Å²) in [6.45, 7) is 0. The molecule has 2 aromatic rings. The Balaban J connectivity index is 2.51. The third-order valence-electron chi connectivity index (χ3n) is 2.82. The summed E-state index contributed by atoms with van der Waals surface area (Å²) in [5.41, 5.74) is 2.50. The average Bonchev–Trinajstić information content (AvgIpc) is 2.62. The molecule has 0 fully saturated rings. The summed E-state index contributed by atoms with van der Waals surface area (Å²) in [7, 11) is 0. The number of rotatable bonds is 0. The molecule has 0 atom stereocenters. The highest BCUT2D eigenvalue weighted by Crippen LogP contribution is 2.32. The third-order valence-corrected chi connectivity index (χ3v) is 3.14. The monoisotopic (exact) mass is 217 g/mol. The van der Waals surface area contributed by atoms with Gasteiger partial charge in [-0.2, -0.15) is 0 Å². The first kappa shape index (κ1) is 8.86. The molecule has 2 nitrogen and oxygen atoms in total. The zero-order valence-corrected chi connectivity index (χ0v) is 8.71. The Bertz CT molecular complexity index is 577. The first-order chi connectivity index (χ1) is 7.27. The average molecular weight is 218 g/mol. The molecule has 15 heavy (non-hydrogen) atoms. The maximum atomic E-state index is 11.7. The number of fused-ring (bicyclic) bond motifs is 3. The predicted octanol–water partition coefficient (Wildman–Crippen LogP) is 3.02. The highest BCUT2D eigenvalue weighted by Gasteiger charge is 2.25. The van der Waals surface area contributed by atoms with Crippen LogP contribution in [0.4, 0.5) is 0 Å². The second-order valence-electron chi connectivity index (χ2n) is 3.70. The van der Waals surface area contributed by atoms with Crippen molar-refractivity contribution in [1.29, 1.82) is 0 Å². The van der Waals surface area contributed by atoms with Gasteiger partial charge in [0, 0.05) is 22.9 Å². The second kappa shape index (κ2) is 3.04. The summed E-state index contributed by atoms with van der Waals surface area (Å²) in [5.74, 6) is 0.186. The van der Waals surface area contributed by atoms with Crippen LogP contribution in [0.1, 0.15) is 22.3 Å². The Morgan fingerprint density at radius 2 is 2.00 bits per heavy atom. The number of hydrogen-bond donors (Lipinski definition) is 0. The van der Waals surface area contributed by atoms with Gasteiger partial charge in [-0.3, -0.25) is 4.79 Å². The van der Waals surface area contributed by atoms with Crippen LogP contribution in [0.2, 0.25) is 5.15 Å². The summed E-state index contributed by atoms with van der Waals surface area (Å²) < 4.78 is 0. The van der Waals surface area contributed by atoms with E-state index in [9.17, 15) is 4.79 Å². The minimum atomic E-state index is 0.186. The minimum absolute atomic E-state index is 0.186. The third kappa shape index (κ3) is 1.18. The number of carbonyl (C=O) groups excluding carboxylic acids is 1. The first-order valence-corrected chi connectivity index (χ1v) is 5.25. The molecule has 0 aliphatic heterocycles. The molecule has 0 bridgehead atoms. The van der Waals surface area contributed by atoms with E-state index >= 15 is 0 Å². The van der Waals surface area contributed by atoms with Crippen LogP contribution in [-0.2, 0) is 6.42 Å². The summed E-state index contributed by atoms with van der Waals surface area (Å²) in [6.07, 6.45) is 1.29. The molecule has 1 aromatic heterocycles. The maximum absolute atomic E-state index is 11.7. The van der Waals surface area contributed by atoms with Crippen LogP contribution in [0.25, 0.3) is 10.9 Å². The van der Waals surface area contributed by atoms with Crippen molar-refractivity contribution in [2.45, 2.75) is 12.8 Å². The molecule has 0 N–H and O–H groups in total. The molecular weight excluding hydrogens is 210 g/mol. The number of pyridine rings is 1. The summed E-state index contributed by atoms with van der Waals surface area (Å²) >= 11 is 6.05. The van der Waals surface area contributed by atoms with E-state index in [2.05, 4.69) is 4.98 Å². The second-order valence-corrected chi connectivity index (χ2v) is 4.05. The van der Waals surface area contributed by atoms with Gasteiger partial charge in [-0.15, -0.1) is 0 Å². The number of halogens is 1. The molecule has 1 aromatic carbocycles. The Hall–Kier alpha value is -1.41. The van der Waals surface area contributed by atoms with Gasteiger partial charge < -0.3 is 0 Å². The minimum Gasteiger partial charge on any atom is -0.294 e. The molecular formula is C12H8ClNO. The van der Waals surface area contributed by atoms with Crippen molar-refractivity contribution >= 4 is 28.3 Å². The van der Waals surface area contributed by atoms with Crippen LogP contribution >= 0.6 is 11.6 Å². The van der Waals surface area contributed by atoms with Crippen molar-refractivity contribution < 1.29 is 4.79 Å². The number of aromatic nitrogens is 1. The first-order valence-electron chi connectivity index (χ1n) is 4.87. The molecule has 3 heteroatoms. The highest BCUT2D eigenvalue weighted by molar-refractivity contribution is 6.32. The van der Waals surface area contributed by atoms with E-state index in [-0.39, 0.29) is 5.78 Å². The summed E-state index contributed by atoms with van der Waals surface area (Å²) in [5, 5.41) is 1.41. The van der Waals surface area contributed by atoms with Crippen molar-refractivity contribution in [3.05, 3.63) is 40.5 Å². The van der Waals surface area contributed by atoms with E-state index in [4.69, 9.17) is 11.6 Å². The van der Waals surface area contributed by atoms with E-state index in [1.54, 1.807) is 0 Å². The van der Waals surface area contributed by atoms with Gasteiger partial charge in [-0.05, 0) is 12.5 Å². The Labute approximate surface area is 91.9 Å². The smallest absolute Gasteiger partial charge is 0.164 e. The lowest BCUT2D eigenvalue weighted by Gasteiger charge is -2.05. The van der Waals surface area contributed by atoms with E-state index in [1.165, 1.54) is 0 Å². The topological polar surface area (TPSA) is 30.0 Å². The number of ketones is 1. The largest absolute Gasteiger partial charge is 0.294 e. The predicted molar refractivity (Wildman–Crippen MR) is 59.4 cm³/mol. The van der Waals surface area contributed by atoms with Gasteiger partial charge in [0.1, 0.15) is 5.15 Å².